The van der Waals surface area contributed by atoms with Crippen molar-refractivity contribution in [2.45, 2.75) is 6.54 Å². The molecule has 0 radical (unpaired) electrons. The number of aromatic nitrogens is 1. The number of nitrogens with zero attached hydrogens (tertiary/aromatic N) is 1. The molecule has 4 nitrogen and oxygen atoms in total. The van der Waals surface area contributed by atoms with Crippen molar-refractivity contribution in [2.75, 3.05) is 6.54 Å². The molecular formula is C8H12N2O2. The first-order valence-corrected chi connectivity index (χ1v) is 3.72. The molecule has 0 aliphatic heterocycles. The van der Waals surface area contributed by atoms with Crippen LogP contribution in [0.5, 0.6) is 0 Å². The Balaban J connectivity index is 2.29. The lowest BCUT2D eigenvalue weighted by Crippen LogP contribution is -2.21. The van der Waals surface area contributed by atoms with E-state index in [1.165, 1.54) is 0 Å². The van der Waals surface area contributed by atoms with Gasteiger partial charge in [-0.15, -0.1) is 0 Å². The third-order valence-electron chi connectivity index (χ3n) is 1.50. The molecule has 0 saturated carbocycles. The predicted molar refractivity (Wildman–Crippen MR) is 44.8 cm³/mol. The van der Waals surface area contributed by atoms with Crippen LogP contribution in [0, 0.1) is 0 Å². The molecule has 0 aliphatic rings. The molecule has 1 heterocycles. The van der Waals surface area contributed by atoms with E-state index in [1.54, 1.807) is 0 Å². The number of hydrogen-bond acceptors (Lipinski definition) is 2. The van der Waals surface area contributed by atoms with Crippen LogP contribution in [0.2, 0.25) is 0 Å². The lowest BCUT2D eigenvalue weighted by atomic mass is 10.3. The van der Waals surface area contributed by atoms with Crippen molar-refractivity contribution < 1.29 is 9.90 Å². The molecule has 1 aromatic rings. The minimum absolute atomic E-state index is 0.00882. The van der Waals surface area contributed by atoms with Gasteiger partial charge >= 0.3 is 5.97 Å². The highest BCUT2D eigenvalue weighted by Gasteiger charge is 1.96. The van der Waals surface area contributed by atoms with Crippen LogP contribution in [0.1, 0.15) is 5.56 Å². The number of carboxylic acids is 1. The van der Waals surface area contributed by atoms with Gasteiger partial charge in [-0.05, 0) is 11.6 Å². The molecule has 0 spiro atoms. The van der Waals surface area contributed by atoms with Crippen molar-refractivity contribution in [3.8, 4) is 0 Å². The summed E-state index contributed by atoms with van der Waals surface area (Å²) in [4.78, 5) is 10.1. The van der Waals surface area contributed by atoms with Crippen molar-refractivity contribution in [2.24, 2.45) is 7.05 Å². The second-order valence-corrected chi connectivity index (χ2v) is 2.68. The second kappa shape index (κ2) is 3.92. The molecule has 4 heteroatoms. The summed E-state index contributed by atoms with van der Waals surface area (Å²) >= 11 is 0. The number of carbonyl (C=O) groups is 1. The Morgan fingerprint density at radius 2 is 2.50 bits per heavy atom. The standard InChI is InChI=1S/C8H12N2O2/c1-10-3-2-7(6-10)4-9-5-8(11)12/h2-3,6,9H,4-5H2,1H3,(H,11,12). The third kappa shape index (κ3) is 2.75. The quantitative estimate of drug-likeness (QED) is 0.675. The molecule has 2 N–H and O–H groups in total. The van der Waals surface area contributed by atoms with Gasteiger partial charge in [0.15, 0.2) is 0 Å². The highest BCUT2D eigenvalue weighted by Crippen LogP contribution is 1.97. The van der Waals surface area contributed by atoms with Gasteiger partial charge in [0.05, 0.1) is 6.54 Å². The van der Waals surface area contributed by atoms with Crippen molar-refractivity contribution in [3.63, 3.8) is 0 Å². The van der Waals surface area contributed by atoms with Crippen LogP contribution >= 0.6 is 0 Å². The van der Waals surface area contributed by atoms with E-state index >= 15 is 0 Å². The Hall–Kier alpha value is -1.29. The molecule has 0 atom stereocenters. The highest BCUT2D eigenvalue weighted by molar-refractivity contribution is 5.68. The third-order valence-corrected chi connectivity index (χ3v) is 1.50. The Morgan fingerprint density at radius 1 is 1.75 bits per heavy atom. The first-order valence-electron chi connectivity index (χ1n) is 3.72. The highest BCUT2D eigenvalue weighted by atomic mass is 16.4. The summed E-state index contributed by atoms with van der Waals surface area (Å²) in [6, 6.07) is 1.95. The molecule has 0 unspecified atom stereocenters. The fourth-order valence-corrected chi connectivity index (χ4v) is 0.979. The average Bonchev–Trinajstić information content (AvgIpc) is 2.35. The van der Waals surface area contributed by atoms with E-state index in [2.05, 4.69) is 5.32 Å². The number of aryl methyl sites for hydroxylation is 1. The fourth-order valence-electron chi connectivity index (χ4n) is 0.979. The Kier molecular flexibility index (Phi) is 2.88. The molecule has 66 valence electrons. The van der Waals surface area contributed by atoms with Gasteiger partial charge in [-0.2, -0.15) is 0 Å². The van der Waals surface area contributed by atoms with E-state index in [9.17, 15) is 4.79 Å². The van der Waals surface area contributed by atoms with Crippen LogP contribution in [-0.4, -0.2) is 22.2 Å². The molecule has 0 bridgehead atoms. The van der Waals surface area contributed by atoms with Gasteiger partial charge < -0.3 is 15.0 Å². The van der Waals surface area contributed by atoms with Crippen LogP contribution in [-0.2, 0) is 18.4 Å². The average molecular weight is 168 g/mol. The largest absolute Gasteiger partial charge is 0.480 e. The lowest BCUT2D eigenvalue weighted by Gasteiger charge is -1.97. The fraction of sp³-hybridized carbons (Fsp3) is 0.375. The molecule has 12 heavy (non-hydrogen) atoms. The normalized spacial score (nSPS) is 10.1. The number of aliphatic carboxylic acids is 1. The minimum atomic E-state index is -0.828. The van der Waals surface area contributed by atoms with Crippen LogP contribution in [0.15, 0.2) is 18.5 Å². The summed E-state index contributed by atoms with van der Waals surface area (Å²) in [5.74, 6) is -0.828. The number of carboxylic acid groups (broad SMARTS) is 1. The second-order valence-electron chi connectivity index (χ2n) is 2.68. The number of nitrogens with one attached hydrogen (secondary N) is 1. The zero-order valence-electron chi connectivity index (χ0n) is 6.95. The first-order chi connectivity index (χ1) is 5.68. The maximum absolute atomic E-state index is 10.1. The minimum Gasteiger partial charge on any atom is -0.480 e. The van der Waals surface area contributed by atoms with E-state index < -0.39 is 5.97 Å². The van der Waals surface area contributed by atoms with E-state index in [-0.39, 0.29) is 6.54 Å². The van der Waals surface area contributed by atoms with Crippen molar-refractivity contribution >= 4 is 5.97 Å². The molecule has 0 aliphatic carbocycles. The summed E-state index contributed by atoms with van der Waals surface area (Å²) in [6.45, 7) is 0.613. The zero-order valence-corrected chi connectivity index (χ0v) is 6.95. The molecule has 1 rings (SSSR count). The van der Waals surface area contributed by atoms with Gasteiger partial charge in [-0.3, -0.25) is 4.79 Å². The summed E-state index contributed by atoms with van der Waals surface area (Å²) in [7, 11) is 1.93. The van der Waals surface area contributed by atoms with Gasteiger partial charge in [-0.25, -0.2) is 0 Å². The van der Waals surface area contributed by atoms with Crippen LogP contribution in [0.3, 0.4) is 0 Å². The Labute approximate surface area is 70.8 Å². The van der Waals surface area contributed by atoms with E-state index in [0.29, 0.717) is 6.54 Å². The maximum atomic E-state index is 10.1. The molecule has 0 aromatic carbocycles. The lowest BCUT2D eigenvalue weighted by molar-refractivity contribution is -0.135. The first kappa shape index (κ1) is 8.80. The topological polar surface area (TPSA) is 54.3 Å². The summed E-state index contributed by atoms with van der Waals surface area (Å²) in [6.07, 6.45) is 3.88. The van der Waals surface area contributed by atoms with Gasteiger partial charge in [0.2, 0.25) is 0 Å². The maximum Gasteiger partial charge on any atom is 0.317 e. The van der Waals surface area contributed by atoms with Crippen molar-refractivity contribution in [1.29, 1.82) is 0 Å². The van der Waals surface area contributed by atoms with Gasteiger partial charge in [0.1, 0.15) is 0 Å². The smallest absolute Gasteiger partial charge is 0.317 e. The predicted octanol–water partition coefficient (Wildman–Crippen LogP) is 0.199. The van der Waals surface area contributed by atoms with E-state index in [1.807, 2.05) is 30.1 Å². The van der Waals surface area contributed by atoms with Gasteiger partial charge in [0.25, 0.3) is 0 Å². The summed E-state index contributed by atoms with van der Waals surface area (Å²) in [5, 5.41) is 11.1. The molecular weight excluding hydrogens is 156 g/mol. The molecule has 0 saturated heterocycles. The van der Waals surface area contributed by atoms with Crippen molar-refractivity contribution in [3.05, 3.63) is 24.0 Å². The molecule has 1 aromatic heterocycles. The SMILES string of the molecule is Cn1ccc(CNCC(=O)O)c1. The van der Waals surface area contributed by atoms with Gasteiger partial charge in [0, 0.05) is 26.0 Å². The van der Waals surface area contributed by atoms with Gasteiger partial charge in [-0.1, -0.05) is 0 Å². The number of rotatable bonds is 4. The van der Waals surface area contributed by atoms with E-state index in [4.69, 9.17) is 5.11 Å². The molecule has 0 amide bonds. The van der Waals surface area contributed by atoms with Crippen LogP contribution < -0.4 is 5.32 Å². The monoisotopic (exact) mass is 168 g/mol. The Bertz CT molecular complexity index is 268. The van der Waals surface area contributed by atoms with Crippen LogP contribution in [0.25, 0.3) is 0 Å². The molecule has 0 fully saturated rings. The van der Waals surface area contributed by atoms with E-state index in [0.717, 1.165) is 5.56 Å². The Morgan fingerprint density at radius 3 is 3.00 bits per heavy atom. The van der Waals surface area contributed by atoms with Crippen molar-refractivity contribution in [1.82, 2.24) is 9.88 Å². The summed E-state index contributed by atoms with van der Waals surface area (Å²) in [5.41, 5.74) is 1.10. The van der Waals surface area contributed by atoms with Crippen LogP contribution in [0.4, 0.5) is 0 Å². The summed E-state index contributed by atoms with van der Waals surface area (Å²) < 4.78 is 1.93. The number of hydrogen-bond donors (Lipinski definition) is 2. The zero-order chi connectivity index (χ0) is 8.97.